The van der Waals surface area contributed by atoms with Crippen LogP contribution in [0.25, 0.3) is 11.0 Å². The van der Waals surface area contributed by atoms with Crippen LogP contribution in [0.5, 0.6) is 0 Å². The van der Waals surface area contributed by atoms with E-state index in [4.69, 9.17) is 4.42 Å². The Hall–Kier alpha value is -2.88. The first-order valence-electron chi connectivity index (χ1n) is 8.94. The van der Waals surface area contributed by atoms with Crippen LogP contribution in [0, 0.1) is 6.92 Å². The highest BCUT2D eigenvalue weighted by molar-refractivity contribution is 5.98. The maximum absolute atomic E-state index is 12.5. The van der Waals surface area contributed by atoms with Crippen LogP contribution in [0.2, 0.25) is 0 Å². The van der Waals surface area contributed by atoms with Gasteiger partial charge < -0.3 is 9.32 Å². The van der Waals surface area contributed by atoms with Crippen molar-refractivity contribution in [3.8, 4) is 0 Å². The van der Waals surface area contributed by atoms with Crippen molar-refractivity contribution in [2.45, 2.75) is 27.2 Å². The van der Waals surface area contributed by atoms with Crippen molar-refractivity contribution in [2.75, 3.05) is 18.0 Å². The quantitative estimate of drug-likeness (QED) is 0.490. The van der Waals surface area contributed by atoms with Crippen LogP contribution in [0.15, 0.2) is 57.7 Å². The molecule has 0 unspecified atom stereocenters. The maximum Gasteiger partial charge on any atom is 0.340 e. The minimum Gasteiger partial charge on any atom is -0.422 e. The van der Waals surface area contributed by atoms with Crippen LogP contribution >= 0.6 is 0 Å². The van der Waals surface area contributed by atoms with Gasteiger partial charge in [0.2, 0.25) is 0 Å². The van der Waals surface area contributed by atoms with Gasteiger partial charge in [0.05, 0.1) is 0 Å². The van der Waals surface area contributed by atoms with Crippen LogP contribution in [0.3, 0.4) is 0 Å². The lowest BCUT2D eigenvalue weighted by molar-refractivity contribution is 0.0991. The van der Waals surface area contributed by atoms with Crippen LogP contribution < -0.4 is 10.5 Å². The number of benzene rings is 2. The molecule has 0 aliphatic rings. The van der Waals surface area contributed by atoms with Crippen molar-refractivity contribution in [3.05, 3.63) is 75.6 Å². The van der Waals surface area contributed by atoms with Gasteiger partial charge in [-0.15, -0.1) is 0 Å². The molecule has 0 amide bonds. The Kier molecular flexibility index (Phi) is 5.21. The number of hydrogen-bond donors (Lipinski definition) is 0. The first-order chi connectivity index (χ1) is 12.5. The smallest absolute Gasteiger partial charge is 0.340 e. The van der Waals surface area contributed by atoms with Crippen molar-refractivity contribution >= 4 is 22.4 Å². The minimum atomic E-state index is -0.434. The van der Waals surface area contributed by atoms with Gasteiger partial charge in [0.1, 0.15) is 5.58 Å². The molecule has 0 radical (unpaired) electrons. The third kappa shape index (κ3) is 3.40. The van der Waals surface area contributed by atoms with Gasteiger partial charge in [-0.25, -0.2) is 4.79 Å². The number of ketones is 1. The van der Waals surface area contributed by atoms with E-state index >= 15 is 0 Å². The summed E-state index contributed by atoms with van der Waals surface area (Å²) in [6, 6.07) is 14.9. The molecule has 1 aromatic heterocycles. The van der Waals surface area contributed by atoms with Crippen LogP contribution in [-0.2, 0) is 6.42 Å². The number of aryl methyl sites for hydroxylation is 1. The Morgan fingerprint density at radius 1 is 1.04 bits per heavy atom. The summed E-state index contributed by atoms with van der Waals surface area (Å²) in [5, 5.41) is 0.872. The molecule has 1 heterocycles. The highest BCUT2D eigenvalue weighted by Crippen LogP contribution is 2.25. The fourth-order valence-corrected chi connectivity index (χ4v) is 3.26. The first-order valence-corrected chi connectivity index (χ1v) is 8.94. The molecule has 0 saturated carbocycles. The van der Waals surface area contributed by atoms with Crippen LogP contribution in [0.4, 0.5) is 5.69 Å². The Bertz CT molecular complexity index is 985. The number of fused-ring (bicyclic) bond motifs is 1. The molecular formula is C22H23NO3. The number of rotatable bonds is 6. The molecular weight excluding hydrogens is 326 g/mol. The van der Waals surface area contributed by atoms with Gasteiger partial charge in [0, 0.05) is 47.8 Å². The fourth-order valence-electron chi connectivity index (χ4n) is 3.26. The lowest BCUT2D eigenvalue weighted by atomic mass is 9.98. The molecule has 0 atom stereocenters. The largest absolute Gasteiger partial charge is 0.422 e. The van der Waals surface area contributed by atoms with Gasteiger partial charge in [0.15, 0.2) is 5.78 Å². The average Bonchev–Trinajstić information content (AvgIpc) is 2.66. The second-order valence-corrected chi connectivity index (χ2v) is 6.31. The van der Waals surface area contributed by atoms with E-state index < -0.39 is 5.63 Å². The summed E-state index contributed by atoms with van der Waals surface area (Å²) in [7, 11) is 0. The van der Waals surface area contributed by atoms with Gasteiger partial charge in [-0.05, 0) is 38.5 Å². The van der Waals surface area contributed by atoms with Gasteiger partial charge in [-0.2, -0.15) is 0 Å². The van der Waals surface area contributed by atoms with Gasteiger partial charge >= 0.3 is 5.63 Å². The zero-order chi connectivity index (χ0) is 18.7. The molecule has 4 nitrogen and oxygen atoms in total. The summed E-state index contributed by atoms with van der Waals surface area (Å²) >= 11 is 0. The van der Waals surface area contributed by atoms with E-state index in [1.807, 2.05) is 43.3 Å². The van der Waals surface area contributed by atoms with Crippen molar-refractivity contribution in [3.63, 3.8) is 0 Å². The Labute approximate surface area is 153 Å². The van der Waals surface area contributed by atoms with Crippen LogP contribution in [0.1, 0.15) is 35.3 Å². The van der Waals surface area contributed by atoms with Crippen molar-refractivity contribution in [2.24, 2.45) is 0 Å². The van der Waals surface area contributed by atoms with E-state index in [0.717, 1.165) is 29.7 Å². The SMILES string of the molecule is CCN(CC)c1ccc2c(C)c(CC(=O)c3ccccc3)c(=O)oc2c1. The second-order valence-electron chi connectivity index (χ2n) is 6.31. The predicted molar refractivity (Wildman–Crippen MR) is 105 cm³/mol. The van der Waals surface area contributed by atoms with E-state index in [9.17, 15) is 9.59 Å². The molecule has 3 rings (SSSR count). The lowest BCUT2D eigenvalue weighted by Crippen LogP contribution is -2.21. The first kappa shape index (κ1) is 17.9. The Morgan fingerprint density at radius 3 is 2.38 bits per heavy atom. The number of carbonyl (C=O) groups is 1. The summed E-state index contributed by atoms with van der Waals surface area (Å²) in [4.78, 5) is 27.2. The topological polar surface area (TPSA) is 50.5 Å². The second kappa shape index (κ2) is 7.56. The molecule has 26 heavy (non-hydrogen) atoms. The van der Waals surface area contributed by atoms with E-state index in [1.54, 1.807) is 12.1 Å². The van der Waals surface area contributed by atoms with Crippen molar-refractivity contribution < 1.29 is 9.21 Å². The van der Waals surface area contributed by atoms with Gasteiger partial charge in [-0.1, -0.05) is 30.3 Å². The number of nitrogens with zero attached hydrogens (tertiary/aromatic N) is 1. The third-order valence-electron chi connectivity index (χ3n) is 4.83. The van der Waals surface area contributed by atoms with E-state index in [1.165, 1.54) is 0 Å². The minimum absolute atomic E-state index is 0.0475. The summed E-state index contributed by atoms with van der Waals surface area (Å²) in [5.41, 5.74) is 3.00. The molecule has 4 heteroatoms. The molecule has 134 valence electrons. The van der Waals surface area contributed by atoms with E-state index in [-0.39, 0.29) is 12.2 Å². The lowest BCUT2D eigenvalue weighted by Gasteiger charge is -2.21. The maximum atomic E-state index is 12.5. The summed E-state index contributed by atoms with van der Waals surface area (Å²) in [5.74, 6) is -0.0832. The van der Waals surface area contributed by atoms with Crippen molar-refractivity contribution in [1.82, 2.24) is 0 Å². The molecule has 0 fully saturated rings. The predicted octanol–water partition coefficient (Wildman–Crippen LogP) is 4.37. The van der Waals surface area contributed by atoms with Crippen LogP contribution in [-0.4, -0.2) is 18.9 Å². The van der Waals surface area contributed by atoms with E-state index in [0.29, 0.717) is 16.7 Å². The van der Waals surface area contributed by atoms with Crippen molar-refractivity contribution in [1.29, 1.82) is 0 Å². The summed E-state index contributed by atoms with van der Waals surface area (Å²) in [6.07, 6.45) is 0.0475. The molecule has 3 aromatic rings. The number of hydrogen-bond acceptors (Lipinski definition) is 4. The van der Waals surface area contributed by atoms with Gasteiger partial charge in [0.25, 0.3) is 0 Å². The molecule has 0 bridgehead atoms. The molecule has 0 aliphatic carbocycles. The molecule has 0 aliphatic heterocycles. The average molecular weight is 349 g/mol. The summed E-state index contributed by atoms with van der Waals surface area (Å²) < 4.78 is 5.56. The Balaban J connectivity index is 2.01. The Morgan fingerprint density at radius 2 is 1.73 bits per heavy atom. The zero-order valence-electron chi connectivity index (χ0n) is 15.4. The zero-order valence-corrected chi connectivity index (χ0v) is 15.4. The highest BCUT2D eigenvalue weighted by Gasteiger charge is 2.16. The molecule has 0 N–H and O–H groups in total. The number of Topliss-reactive ketones (excluding diaryl/α,β-unsaturated/α-hetero) is 1. The molecule has 0 spiro atoms. The highest BCUT2D eigenvalue weighted by atomic mass is 16.4. The monoisotopic (exact) mass is 349 g/mol. The number of carbonyl (C=O) groups excluding carboxylic acids is 1. The normalized spacial score (nSPS) is 10.9. The molecule has 0 saturated heterocycles. The fraction of sp³-hybridized carbons (Fsp3) is 0.273. The molecule has 2 aromatic carbocycles. The van der Waals surface area contributed by atoms with E-state index in [2.05, 4.69) is 18.7 Å². The summed E-state index contributed by atoms with van der Waals surface area (Å²) in [6.45, 7) is 7.83. The standard InChI is InChI=1S/C22H23NO3/c1-4-23(5-2)17-11-12-18-15(3)19(22(25)26-21(18)13-17)14-20(24)16-9-7-6-8-10-16/h6-13H,4-5,14H2,1-3H3. The van der Waals surface area contributed by atoms with Gasteiger partial charge in [-0.3, -0.25) is 4.79 Å². The third-order valence-corrected chi connectivity index (χ3v) is 4.83. The number of anilines is 1.